The van der Waals surface area contributed by atoms with E-state index in [1.807, 2.05) is 24.3 Å². The fourth-order valence-corrected chi connectivity index (χ4v) is 1.56. The SMILES string of the molecule is N#C/C(=C/Nc1ccccc1)C(=O)N(CCO)CCO. The van der Waals surface area contributed by atoms with Crippen LogP contribution in [-0.4, -0.2) is 47.3 Å². The van der Waals surface area contributed by atoms with Crippen molar-refractivity contribution in [3.63, 3.8) is 0 Å². The van der Waals surface area contributed by atoms with Crippen LogP contribution in [0.4, 0.5) is 5.69 Å². The summed E-state index contributed by atoms with van der Waals surface area (Å²) in [5.41, 5.74) is 0.666. The van der Waals surface area contributed by atoms with Crippen molar-refractivity contribution < 1.29 is 15.0 Å². The summed E-state index contributed by atoms with van der Waals surface area (Å²) in [4.78, 5) is 13.3. The lowest BCUT2D eigenvalue weighted by molar-refractivity contribution is -0.127. The van der Waals surface area contributed by atoms with E-state index in [1.54, 1.807) is 12.1 Å². The summed E-state index contributed by atoms with van der Waals surface area (Å²) < 4.78 is 0. The second kappa shape index (κ2) is 8.69. The maximum absolute atomic E-state index is 12.0. The van der Waals surface area contributed by atoms with Gasteiger partial charge in [0.2, 0.25) is 0 Å². The Labute approximate surface area is 117 Å². The van der Waals surface area contributed by atoms with Gasteiger partial charge in [-0.15, -0.1) is 0 Å². The van der Waals surface area contributed by atoms with Crippen molar-refractivity contribution in [3.05, 3.63) is 42.1 Å². The number of hydrogen-bond donors (Lipinski definition) is 3. The summed E-state index contributed by atoms with van der Waals surface area (Å²) >= 11 is 0. The largest absolute Gasteiger partial charge is 0.395 e. The molecule has 106 valence electrons. The highest BCUT2D eigenvalue weighted by Crippen LogP contribution is 2.07. The van der Waals surface area contributed by atoms with Crippen molar-refractivity contribution in [3.8, 4) is 6.07 Å². The Hall–Kier alpha value is -2.36. The van der Waals surface area contributed by atoms with Gasteiger partial charge in [0.05, 0.1) is 13.2 Å². The van der Waals surface area contributed by atoms with Crippen LogP contribution in [0.15, 0.2) is 42.1 Å². The molecule has 0 bridgehead atoms. The van der Waals surface area contributed by atoms with Gasteiger partial charge in [-0.25, -0.2) is 0 Å². The minimum Gasteiger partial charge on any atom is -0.395 e. The Balaban J connectivity index is 2.78. The van der Waals surface area contributed by atoms with Crippen molar-refractivity contribution in [2.75, 3.05) is 31.6 Å². The minimum absolute atomic E-state index is 0.0732. The Morgan fingerprint density at radius 1 is 1.25 bits per heavy atom. The monoisotopic (exact) mass is 275 g/mol. The molecular weight excluding hydrogens is 258 g/mol. The number of rotatable bonds is 7. The third-order valence-electron chi connectivity index (χ3n) is 2.53. The molecule has 0 aliphatic rings. The lowest BCUT2D eigenvalue weighted by Gasteiger charge is -2.20. The van der Waals surface area contributed by atoms with E-state index in [0.29, 0.717) is 0 Å². The molecule has 6 heteroatoms. The Kier molecular flexibility index (Phi) is 6.82. The Morgan fingerprint density at radius 2 is 1.85 bits per heavy atom. The van der Waals surface area contributed by atoms with E-state index < -0.39 is 5.91 Å². The van der Waals surface area contributed by atoms with E-state index in [-0.39, 0.29) is 31.9 Å². The average molecular weight is 275 g/mol. The molecule has 0 fully saturated rings. The number of para-hydroxylation sites is 1. The van der Waals surface area contributed by atoms with Gasteiger partial charge in [-0.2, -0.15) is 5.26 Å². The van der Waals surface area contributed by atoms with E-state index >= 15 is 0 Å². The lowest BCUT2D eigenvalue weighted by Crippen LogP contribution is -2.36. The standard InChI is InChI=1S/C14H17N3O3/c15-10-12(11-16-13-4-2-1-3-5-13)14(20)17(6-8-18)7-9-19/h1-5,11,16,18-19H,6-9H2/b12-11-. The quantitative estimate of drug-likeness (QED) is 0.492. The molecule has 0 saturated carbocycles. The molecule has 0 radical (unpaired) electrons. The molecule has 0 heterocycles. The van der Waals surface area contributed by atoms with Crippen LogP contribution < -0.4 is 5.32 Å². The summed E-state index contributed by atoms with van der Waals surface area (Å²) in [5.74, 6) is -0.529. The van der Waals surface area contributed by atoms with Crippen LogP contribution in [0.1, 0.15) is 0 Å². The number of aliphatic hydroxyl groups excluding tert-OH is 2. The van der Waals surface area contributed by atoms with Gasteiger partial charge in [0, 0.05) is 25.0 Å². The highest BCUT2D eigenvalue weighted by molar-refractivity contribution is 5.97. The number of nitrogens with one attached hydrogen (secondary N) is 1. The number of aliphatic hydroxyl groups is 2. The molecule has 0 aliphatic heterocycles. The summed E-state index contributed by atoms with van der Waals surface area (Å²) in [7, 11) is 0. The predicted octanol–water partition coefficient (Wildman–Crippen LogP) is 0.319. The molecule has 1 aromatic carbocycles. The molecule has 6 nitrogen and oxygen atoms in total. The third-order valence-corrected chi connectivity index (χ3v) is 2.53. The molecular formula is C14H17N3O3. The van der Waals surface area contributed by atoms with Crippen LogP contribution in [0.25, 0.3) is 0 Å². The van der Waals surface area contributed by atoms with Crippen molar-refractivity contribution in [2.24, 2.45) is 0 Å². The van der Waals surface area contributed by atoms with Crippen LogP contribution in [0.5, 0.6) is 0 Å². The van der Waals surface area contributed by atoms with E-state index in [2.05, 4.69) is 5.32 Å². The molecule has 0 spiro atoms. The molecule has 1 rings (SSSR count). The zero-order valence-corrected chi connectivity index (χ0v) is 11.0. The van der Waals surface area contributed by atoms with Crippen molar-refractivity contribution >= 4 is 11.6 Å². The van der Waals surface area contributed by atoms with E-state index in [4.69, 9.17) is 15.5 Å². The van der Waals surface area contributed by atoms with Gasteiger partial charge in [-0.05, 0) is 12.1 Å². The van der Waals surface area contributed by atoms with Gasteiger partial charge in [-0.1, -0.05) is 18.2 Å². The first kappa shape index (κ1) is 15.7. The molecule has 0 aliphatic carbocycles. The lowest BCUT2D eigenvalue weighted by atomic mass is 10.2. The summed E-state index contributed by atoms with van der Waals surface area (Å²) in [6.45, 7) is -0.305. The maximum atomic E-state index is 12.0. The van der Waals surface area contributed by atoms with E-state index in [1.165, 1.54) is 11.1 Å². The molecule has 0 aromatic heterocycles. The van der Waals surface area contributed by atoms with Gasteiger partial charge >= 0.3 is 0 Å². The summed E-state index contributed by atoms with van der Waals surface area (Å²) in [6, 6.07) is 10.9. The highest BCUT2D eigenvalue weighted by Gasteiger charge is 2.17. The highest BCUT2D eigenvalue weighted by atomic mass is 16.3. The van der Waals surface area contributed by atoms with Gasteiger partial charge < -0.3 is 20.4 Å². The number of carbonyl (C=O) groups is 1. The average Bonchev–Trinajstić information content (AvgIpc) is 2.48. The number of amides is 1. The number of carbonyl (C=O) groups excluding carboxylic acids is 1. The number of nitrogens with zero attached hydrogens (tertiary/aromatic N) is 2. The van der Waals surface area contributed by atoms with Gasteiger partial charge in [-0.3, -0.25) is 4.79 Å². The minimum atomic E-state index is -0.529. The number of anilines is 1. The fourth-order valence-electron chi connectivity index (χ4n) is 1.56. The van der Waals surface area contributed by atoms with Crippen molar-refractivity contribution in [2.45, 2.75) is 0 Å². The zero-order chi connectivity index (χ0) is 14.8. The smallest absolute Gasteiger partial charge is 0.266 e. The zero-order valence-electron chi connectivity index (χ0n) is 11.0. The first-order valence-corrected chi connectivity index (χ1v) is 6.15. The normalized spacial score (nSPS) is 10.8. The van der Waals surface area contributed by atoms with Gasteiger partial charge in [0.25, 0.3) is 5.91 Å². The third kappa shape index (κ3) is 4.72. The van der Waals surface area contributed by atoms with Gasteiger partial charge in [0.15, 0.2) is 0 Å². The van der Waals surface area contributed by atoms with E-state index in [9.17, 15) is 4.79 Å². The van der Waals surface area contributed by atoms with Gasteiger partial charge in [0.1, 0.15) is 11.6 Å². The molecule has 20 heavy (non-hydrogen) atoms. The van der Waals surface area contributed by atoms with Crippen LogP contribution in [0, 0.1) is 11.3 Å². The first-order chi connectivity index (χ1) is 9.72. The Morgan fingerprint density at radius 3 is 2.35 bits per heavy atom. The second-order valence-corrected chi connectivity index (χ2v) is 3.92. The summed E-state index contributed by atoms with van der Waals surface area (Å²) in [5, 5.41) is 29.6. The topological polar surface area (TPSA) is 96.6 Å². The molecule has 3 N–H and O–H groups in total. The molecule has 0 unspecified atom stereocenters. The van der Waals surface area contributed by atoms with Crippen molar-refractivity contribution in [1.29, 1.82) is 5.26 Å². The van der Waals surface area contributed by atoms with Crippen molar-refractivity contribution in [1.82, 2.24) is 4.90 Å². The number of hydrogen-bond acceptors (Lipinski definition) is 5. The molecule has 0 atom stereocenters. The van der Waals surface area contributed by atoms with Crippen LogP contribution in [-0.2, 0) is 4.79 Å². The van der Waals surface area contributed by atoms with Crippen LogP contribution in [0.2, 0.25) is 0 Å². The molecule has 1 amide bonds. The number of nitriles is 1. The van der Waals surface area contributed by atoms with Crippen LogP contribution >= 0.6 is 0 Å². The summed E-state index contributed by atoms with van der Waals surface area (Å²) in [6.07, 6.45) is 1.32. The van der Waals surface area contributed by atoms with Crippen LogP contribution in [0.3, 0.4) is 0 Å². The maximum Gasteiger partial charge on any atom is 0.266 e. The second-order valence-electron chi connectivity index (χ2n) is 3.92. The molecule has 0 saturated heterocycles. The molecule has 1 aromatic rings. The number of benzene rings is 1. The fraction of sp³-hybridized carbons (Fsp3) is 0.286. The first-order valence-electron chi connectivity index (χ1n) is 6.15. The Bertz CT molecular complexity index is 488. The predicted molar refractivity (Wildman–Crippen MR) is 74.5 cm³/mol. The van der Waals surface area contributed by atoms with E-state index in [0.717, 1.165) is 5.69 Å².